The maximum atomic E-state index is 11.7. The van der Waals surface area contributed by atoms with Crippen molar-refractivity contribution in [1.82, 2.24) is 0 Å². The lowest BCUT2D eigenvalue weighted by atomic mass is 9.97. The molecule has 0 aliphatic carbocycles. The lowest BCUT2D eigenvalue weighted by Crippen LogP contribution is -2.30. The van der Waals surface area contributed by atoms with Crippen LogP contribution in [0.3, 0.4) is 0 Å². The summed E-state index contributed by atoms with van der Waals surface area (Å²) in [5, 5.41) is 27.5. The van der Waals surface area contributed by atoms with Crippen LogP contribution in [0.1, 0.15) is 48.4 Å². The summed E-state index contributed by atoms with van der Waals surface area (Å²) in [7, 11) is 0. The van der Waals surface area contributed by atoms with E-state index in [-0.39, 0.29) is 24.8 Å². The van der Waals surface area contributed by atoms with Gasteiger partial charge >= 0.3 is 0 Å². The Labute approximate surface area is 165 Å². The van der Waals surface area contributed by atoms with Gasteiger partial charge in [-0.3, -0.25) is 9.59 Å². The fraction of sp³-hybridized carbons (Fsp3) is 0.364. The smallest absolute Gasteiger partial charge is 0.193 e. The van der Waals surface area contributed by atoms with Gasteiger partial charge in [0.1, 0.15) is 23.6 Å². The Morgan fingerprint density at radius 1 is 0.786 bits per heavy atom. The monoisotopic (exact) mass is 388 g/mol. The second-order valence-electron chi connectivity index (χ2n) is 7.24. The molecule has 0 bridgehead atoms. The maximum absolute atomic E-state index is 11.7. The van der Waals surface area contributed by atoms with Crippen molar-refractivity contribution in [1.29, 1.82) is 0 Å². The van der Waals surface area contributed by atoms with Crippen LogP contribution in [-0.4, -0.2) is 51.3 Å². The average Bonchev–Trinajstić information content (AvgIpc) is 2.65. The van der Waals surface area contributed by atoms with Gasteiger partial charge in [0.15, 0.2) is 11.6 Å². The predicted octanol–water partition coefficient (Wildman–Crippen LogP) is 2.65. The molecule has 0 radical (unpaired) electrons. The molecule has 0 heterocycles. The molecular weight excluding hydrogens is 360 g/mol. The molecule has 0 saturated heterocycles. The molecule has 2 rings (SSSR count). The van der Waals surface area contributed by atoms with E-state index in [2.05, 4.69) is 0 Å². The number of rotatable bonds is 7. The Hall–Kier alpha value is -2.54. The summed E-state index contributed by atoms with van der Waals surface area (Å²) in [5.74, 6) is 0.00524. The van der Waals surface area contributed by atoms with Gasteiger partial charge < -0.3 is 20.1 Å². The molecule has 2 aromatic carbocycles. The molecule has 0 aliphatic heterocycles. The van der Waals surface area contributed by atoms with Gasteiger partial charge in [0, 0.05) is 11.1 Å². The molecule has 0 aliphatic rings. The van der Waals surface area contributed by atoms with Crippen molar-refractivity contribution in [3.05, 3.63) is 65.7 Å². The van der Waals surface area contributed by atoms with Gasteiger partial charge in [-0.15, -0.1) is 0 Å². The lowest BCUT2D eigenvalue weighted by molar-refractivity contribution is 0.0487. The average molecular weight is 388 g/mol. The number of aliphatic hydroxyl groups excluding tert-OH is 1. The fourth-order valence-electron chi connectivity index (χ4n) is 2.16. The van der Waals surface area contributed by atoms with Crippen molar-refractivity contribution < 1.29 is 29.6 Å². The fourth-order valence-corrected chi connectivity index (χ4v) is 2.16. The Morgan fingerprint density at radius 3 is 1.61 bits per heavy atom. The second-order valence-corrected chi connectivity index (χ2v) is 7.24. The molecule has 0 atom stereocenters. The standard InChI is InChI=1S/C12H16O4.C10H12O2/c1-12(2,15)11(14)9-3-5-10(6-4-9)16-8-7-13;1-10(2,12)9(11)8-6-4-3-5-7-8/h3-6,13,15H,7-8H2,1-2H3;3-7,12H,1-2H3. The van der Waals surface area contributed by atoms with Crippen molar-refractivity contribution >= 4 is 11.6 Å². The summed E-state index contributed by atoms with van der Waals surface area (Å²) in [5.41, 5.74) is -1.66. The first-order valence-corrected chi connectivity index (χ1v) is 8.90. The van der Waals surface area contributed by atoms with Crippen LogP contribution in [0.2, 0.25) is 0 Å². The minimum atomic E-state index is -1.37. The molecule has 0 fully saturated rings. The Morgan fingerprint density at radius 2 is 1.21 bits per heavy atom. The highest BCUT2D eigenvalue weighted by molar-refractivity contribution is 6.02. The van der Waals surface area contributed by atoms with Crippen LogP contribution in [0.4, 0.5) is 0 Å². The molecule has 2 aromatic rings. The number of benzene rings is 2. The van der Waals surface area contributed by atoms with Crippen molar-refractivity contribution in [2.75, 3.05) is 13.2 Å². The number of ketones is 2. The van der Waals surface area contributed by atoms with Crippen LogP contribution in [0.15, 0.2) is 54.6 Å². The molecule has 6 nitrogen and oxygen atoms in total. The molecule has 0 amide bonds. The molecule has 0 saturated carbocycles. The Bertz CT molecular complexity index is 752. The van der Waals surface area contributed by atoms with Crippen LogP contribution >= 0.6 is 0 Å². The summed E-state index contributed by atoms with van der Waals surface area (Å²) in [6.07, 6.45) is 0. The first-order valence-electron chi connectivity index (χ1n) is 8.90. The van der Waals surface area contributed by atoms with Crippen molar-refractivity contribution in [3.8, 4) is 5.75 Å². The van der Waals surface area contributed by atoms with E-state index in [0.717, 1.165) is 0 Å². The molecule has 6 heteroatoms. The van der Waals surface area contributed by atoms with E-state index in [1.54, 1.807) is 48.5 Å². The van der Waals surface area contributed by atoms with Crippen molar-refractivity contribution in [3.63, 3.8) is 0 Å². The Kier molecular flexibility index (Phi) is 8.50. The van der Waals surface area contributed by atoms with Crippen molar-refractivity contribution in [2.24, 2.45) is 0 Å². The van der Waals surface area contributed by atoms with Crippen LogP contribution < -0.4 is 4.74 Å². The molecule has 28 heavy (non-hydrogen) atoms. The minimum absolute atomic E-state index is 0.0512. The van der Waals surface area contributed by atoms with E-state index in [0.29, 0.717) is 16.9 Å². The molecule has 0 spiro atoms. The van der Waals surface area contributed by atoms with Crippen molar-refractivity contribution in [2.45, 2.75) is 38.9 Å². The highest BCUT2D eigenvalue weighted by Gasteiger charge is 2.25. The lowest BCUT2D eigenvalue weighted by Gasteiger charge is -2.15. The number of Topliss-reactive ketones (excluding diaryl/α,β-unsaturated/α-hetero) is 2. The summed E-state index contributed by atoms with van der Waals surface area (Å²) < 4.78 is 5.15. The zero-order valence-corrected chi connectivity index (χ0v) is 16.7. The predicted molar refractivity (Wildman–Crippen MR) is 107 cm³/mol. The van der Waals surface area contributed by atoms with E-state index < -0.39 is 11.2 Å². The highest BCUT2D eigenvalue weighted by Crippen LogP contribution is 2.17. The second kappa shape index (κ2) is 10.1. The van der Waals surface area contributed by atoms with E-state index in [1.165, 1.54) is 27.7 Å². The number of hydrogen-bond acceptors (Lipinski definition) is 6. The third kappa shape index (κ3) is 7.60. The Balaban J connectivity index is 0.000000292. The molecule has 3 N–H and O–H groups in total. The third-order valence-corrected chi connectivity index (χ3v) is 3.62. The topological polar surface area (TPSA) is 104 Å². The van der Waals surface area contributed by atoms with E-state index in [1.807, 2.05) is 6.07 Å². The van der Waals surface area contributed by atoms with Gasteiger partial charge in [0.2, 0.25) is 0 Å². The third-order valence-electron chi connectivity index (χ3n) is 3.62. The van der Waals surface area contributed by atoms with E-state index >= 15 is 0 Å². The molecule has 0 aromatic heterocycles. The summed E-state index contributed by atoms with van der Waals surface area (Å²) in [4.78, 5) is 23.1. The number of aliphatic hydroxyl groups is 3. The number of carbonyl (C=O) groups excluding carboxylic acids is 2. The van der Waals surface area contributed by atoms with E-state index in [9.17, 15) is 19.8 Å². The first kappa shape index (κ1) is 23.5. The van der Waals surface area contributed by atoms with Crippen LogP contribution in [0.5, 0.6) is 5.75 Å². The summed E-state index contributed by atoms with van der Waals surface area (Å²) >= 11 is 0. The first-order chi connectivity index (χ1) is 13.0. The van der Waals surface area contributed by atoms with E-state index in [4.69, 9.17) is 9.84 Å². The quantitative estimate of drug-likeness (QED) is 0.630. The number of ether oxygens (including phenoxy) is 1. The molecule has 0 unspecified atom stereocenters. The highest BCUT2D eigenvalue weighted by atomic mass is 16.5. The normalized spacial score (nSPS) is 11.2. The number of hydrogen-bond donors (Lipinski definition) is 3. The maximum Gasteiger partial charge on any atom is 0.193 e. The SMILES string of the molecule is CC(C)(O)C(=O)c1ccc(OCCO)cc1.CC(C)(O)C(=O)c1ccccc1. The minimum Gasteiger partial charge on any atom is -0.491 e. The van der Waals surface area contributed by atoms with Crippen LogP contribution in [0, 0.1) is 0 Å². The summed E-state index contributed by atoms with van der Waals surface area (Å²) in [6, 6.07) is 15.2. The molecular formula is C22H28O6. The largest absolute Gasteiger partial charge is 0.491 e. The van der Waals surface area contributed by atoms with Gasteiger partial charge in [-0.2, -0.15) is 0 Å². The van der Waals surface area contributed by atoms with Gasteiger partial charge in [-0.1, -0.05) is 30.3 Å². The van der Waals surface area contributed by atoms with Crippen LogP contribution in [0.25, 0.3) is 0 Å². The zero-order valence-electron chi connectivity index (χ0n) is 16.7. The van der Waals surface area contributed by atoms with Crippen LogP contribution in [-0.2, 0) is 0 Å². The van der Waals surface area contributed by atoms with Gasteiger partial charge in [0.25, 0.3) is 0 Å². The molecule has 152 valence electrons. The van der Waals surface area contributed by atoms with Gasteiger partial charge in [-0.25, -0.2) is 0 Å². The summed E-state index contributed by atoms with van der Waals surface area (Å²) in [6.45, 7) is 6.05. The number of carbonyl (C=O) groups is 2. The van der Waals surface area contributed by atoms with Gasteiger partial charge in [0.05, 0.1) is 6.61 Å². The zero-order chi connectivity index (χ0) is 21.4. The van der Waals surface area contributed by atoms with Gasteiger partial charge in [-0.05, 0) is 52.0 Å².